The first kappa shape index (κ1) is 10.5. The van der Waals surface area contributed by atoms with Crippen molar-refractivity contribution in [2.24, 2.45) is 23.5 Å². The highest BCUT2D eigenvalue weighted by molar-refractivity contribution is 5.70. The summed E-state index contributed by atoms with van der Waals surface area (Å²) in [5.41, 5.74) is 5.46. The van der Waals surface area contributed by atoms with Crippen molar-refractivity contribution in [2.75, 3.05) is 6.54 Å². The molecule has 0 saturated heterocycles. The molecule has 3 heteroatoms. The quantitative estimate of drug-likeness (QED) is 0.700. The lowest BCUT2D eigenvalue weighted by Crippen LogP contribution is -2.32. The van der Waals surface area contributed by atoms with Gasteiger partial charge in [0.2, 0.25) is 0 Å². The van der Waals surface area contributed by atoms with E-state index in [-0.39, 0.29) is 12.5 Å². The monoisotopic (exact) mass is 185 g/mol. The largest absolute Gasteiger partial charge is 0.481 e. The SMILES string of the molecule is CC1CCC(C(CN)C(=O)O)CC1. The van der Waals surface area contributed by atoms with E-state index in [1.807, 2.05) is 0 Å². The molecule has 0 aromatic rings. The van der Waals surface area contributed by atoms with Gasteiger partial charge in [-0.2, -0.15) is 0 Å². The maximum absolute atomic E-state index is 10.8. The fourth-order valence-corrected chi connectivity index (χ4v) is 2.18. The third-order valence-electron chi connectivity index (χ3n) is 3.20. The van der Waals surface area contributed by atoms with Crippen molar-refractivity contribution >= 4 is 5.97 Å². The molecule has 1 unspecified atom stereocenters. The second-order valence-corrected chi connectivity index (χ2v) is 4.20. The van der Waals surface area contributed by atoms with Crippen LogP contribution in [-0.4, -0.2) is 17.6 Å². The zero-order valence-electron chi connectivity index (χ0n) is 8.20. The van der Waals surface area contributed by atoms with Crippen LogP contribution in [0.25, 0.3) is 0 Å². The highest BCUT2D eigenvalue weighted by atomic mass is 16.4. The van der Waals surface area contributed by atoms with Crippen molar-refractivity contribution in [2.45, 2.75) is 32.6 Å². The normalized spacial score (nSPS) is 31.2. The number of hydrogen-bond donors (Lipinski definition) is 2. The van der Waals surface area contributed by atoms with E-state index in [1.54, 1.807) is 0 Å². The Labute approximate surface area is 79.3 Å². The van der Waals surface area contributed by atoms with Crippen LogP contribution in [0.5, 0.6) is 0 Å². The van der Waals surface area contributed by atoms with E-state index in [4.69, 9.17) is 10.8 Å². The van der Waals surface area contributed by atoms with E-state index in [0.717, 1.165) is 31.6 Å². The van der Waals surface area contributed by atoms with Gasteiger partial charge >= 0.3 is 5.97 Å². The van der Waals surface area contributed by atoms with Crippen LogP contribution in [0.3, 0.4) is 0 Å². The number of nitrogens with two attached hydrogens (primary N) is 1. The molecule has 1 aliphatic rings. The van der Waals surface area contributed by atoms with Gasteiger partial charge in [0.25, 0.3) is 0 Å². The van der Waals surface area contributed by atoms with Crippen LogP contribution in [0.1, 0.15) is 32.6 Å². The summed E-state index contributed by atoms with van der Waals surface area (Å²) >= 11 is 0. The average molecular weight is 185 g/mol. The molecule has 1 saturated carbocycles. The van der Waals surface area contributed by atoms with Gasteiger partial charge in [0.1, 0.15) is 0 Å². The van der Waals surface area contributed by atoms with Gasteiger partial charge in [-0.15, -0.1) is 0 Å². The van der Waals surface area contributed by atoms with Crippen LogP contribution in [0.15, 0.2) is 0 Å². The molecule has 0 spiro atoms. The number of hydrogen-bond acceptors (Lipinski definition) is 2. The molecule has 1 fully saturated rings. The lowest BCUT2D eigenvalue weighted by molar-refractivity contribution is -0.143. The molecule has 0 aliphatic heterocycles. The Morgan fingerprint density at radius 1 is 1.46 bits per heavy atom. The first-order chi connectivity index (χ1) is 6.15. The molecule has 1 atom stereocenters. The smallest absolute Gasteiger partial charge is 0.308 e. The number of carboxylic acids is 1. The summed E-state index contributed by atoms with van der Waals surface area (Å²) in [6, 6.07) is 0. The first-order valence-electron chi connectivity index (χ1n) is 5.08. The van der Waals surface area contributed by atoms with Crippen LogP contribution in [0, 0.1) is 17.8 Å². The minimum Gasteiger partial charge on any atom is -0.481 e. The van der Waals surface area contributed by atoms with Crippen molar-refractivity contribution in [1.82, 2.24) is 0 Å². The molecule has 0 aromatic carbocycles. The maximum atomic E-state index is 10.8. The molecular formula is C10H19NO2. The number of carboxylic acid groups (broad SMARTS) is 1. The van der Waals surface area contributed by atoms with Crippen LogP contribution in [0.2, 0.25) is 0 Å². The maximum Gasteiger partial charge on any atom is 0.308 e. The predicted molar refractivity (Wildman–Crippen MR) is 51.3 cm³/mol. The summed E-state index contributed by atoms with van der Waals surface area (Å²) in [6.45, 7) is 2.52. The Hall–Kier alpha value is -0.570. The Kier molecular flexibility index (Phi) is 3.72. The van der Waals surface area contributed by atoms with Crippen LogP contribution < -0.4 is 5.73 Å². The molecule has 3 N–H and O–H groups in total. The molecule has 1 aliphatic carbocycles. The summed E-state index contributed by atoms with van der Waals surface area (Å²) in [5.74, 6) is 0.0525. The minimum atomic E-state index is -0.720. The molecular weight excluding hydrogens is 166 g/mol. The number of aliphatic carboxylic acids is 1. The Bertz CT molecular complexity index is 174. The molecule has 0 amide bonds. The van der Waals surface area contributed by atoms with Crippen molar-refractivity contribution in [3.63, 3.8) is 0 Å². The standard InChI is InChI=1S/C10H19NO2/c1-7-2-4-8(5-3-7)9(6-11)10(12)13/h7-9H,2-6,11H2,1H3,(H,12,13). The fourth-order valence-electron chi connectivity index (χ4n) is 2.18. The van der Waals surface area contributed by atoms with Gasteiger partial charge in [-0.05, 0) is 24.7 Å². The van der Waals surface area contributed by atoms with E-state index in [0.29, 0.717) is 5.92 Å². The zero-order valence-corrected chi connectivity index (χ0v) is 8.20. The summed E-state index contributed by atoms with van der Waals surface area (Å²) in [7, 11) is 0. The molecule has 76 valence electrons. The predicted octanol–water partition coefficient (Wildman–Crippen LogP) is 1.47. The molecule has 0 aromatic heterocycles. The Balaban J connectivity index is 2.46. The van der Waals surface area contributed by atoms with Gasteiger partial charge in [-0.1, -0.05) is 19.8 Å². The van der Waals surface area contributed by atoms with Gasteiger partial charge in [0, 0.05) is 6.54 Å². The minimum absolute atomic E-state index is 0.286. The second kappa shape index (κ2) is 4.61. The molecule has 3 nitrogen and oxygen atoms in total. The third kappa shape index (κ3) is 2.69. The summed E-state index contributed by atoms with van der Waals surface area (Å²) < 4.78 is 0. The van der Waals surface area contributed by atoms with Gasteiger partial charge in [-0.3, -0.25) is 4.79 Å². The summed E-state index contributed by atoms with van der Waals surface area (Å²) in [6.07, 6.45) is 4.40. The van der Waals surface area contributed by atoms with Crippen molar-refractivity contribution in [3.8, 4) is 0 Å². The third-order valence-corrected chi connectivity index (χ3v) is 3.20. The molecule has 13 heavy (non-hydrogen) atoms. The lowest BCUT2D eigenvalue weighted by atomic mass is 9.76. The van der Waals surface area contributed by atoms with Gasteiger partial charge in [0.15, 0.2) is 0 Å². The fraction of sp³-hybridized carbons (Fsp3) is 0.900. The van der Waals surface area contributed by atoms with E-state index >= 15 is 0 Å². The van der Waals surface area contributed by atoms with Crippen molar-refractivity contribution in [1.29, 1.82) is 0 Å². The summed E-state index contributed by atoms with van der Waals surface area (Å²) in [4.78, 5) is 10.8. The Morgan fingerprint density at radius 2 is 2.00 bits per heavy atom. The lowest BCUT2D eigenvalue weighted by Gasteiger charge is -2.29. The molecule has 0 radical (unpaired) electrons. The second-order valence-electron chi connectivity index (χ2n) is 4.20. The zero-order chi connectivity index (χ0) is 9.84. The van der Waals surface area contributed by atoms with E-state index in [2.05, 4.69) is 6.92 Å². The van der Waals surface area contributed by atoms with Gasteiger partial charge in [-0.25, -0.2) is 0 Å². The van der Waals surface area contributed by atoms with Crippen LogP contribution in [-0.2, 0) is 4.79 Å². The highest BCUT2D eigenvalue weighted by Gasteiger charge is 2.29. The summed E-state index contributed by atoms with van der Waals surface area (Å²) in [5, 5.41) is 8.91. The van der Waals surface area contributed by atoms with E-state index in [1.165, 1.54) is 0 Å². The first-order valence-corrected chi connectivity index (χ1v) is 5.08. The Morgan fingerprint density at radius 3 is 2.38 bits per heavy atom. The van der Waals surface area contributed by atoms with Crippen LogP contribution in [0.4, 0.5) is 0 Å². The van der Waals surface area contributed by atoms with Crippen LogP contribution >= 0.6 is 0 Å². The van der Waals surface area contributed by atoms with E-state index < -0.39 is 5.97 Å². The average Bonchev–Trinajstić information content (AvgIpc) is 2.09. The van der Waals surface area contributed by atoms with Crippen molar-refractivity contribution < 1.29 is 9.90 Å². The van der Waals surface area contributed by atoms with Crippen molar-refractivity contribution in [3.05, 3.63) is 0 Å². The molecule has 0 heterocycles. The molecule has 1 rings (SSSR count). The number of rotatable bonds is 3. The van der Waals surface area contributed by atoms with Gasteiger partial charge in [0.05, 0.1) is 5.92 Å². The van der Waals surface area contributed by atoms with E-state index in [9.17, 15) is 4.79 Å². The highest BCUT2D eigenvalue weighted by Crippen LogP contribution is 2.32. The number of carbonyl (C=O) groups is 1. The van der Waals surface area contributed by atoms with Gasteiger partial charge < -0.3 is 10.8 Å². The topological polar surface area (TPSA) is 63.3 Å². The molecule has 0 bridgehead atoms.